The fraction of sp³-hybridized carbons (Fsp3) is 0.812. The van der Waals surface area contributed by atoms with Crippen molar-refractivity contribution in [2.75, 3.05) is 6.54 Å². The fourth-order valence-corrected chi connectivity index (χ4v) is 6.14. The van der Waals surface area contributed by atoms with E-state index in [-0.39, 0.29) is 5.60 Å². The molecule has 0 spiro atoms. The van der Waals surface area contributed by atoms with Crippen LogP contribution in [0.1, 0.15) is 128 Å². The predicted molar refractivity (Wildman–Crippen MR) is 152 cm³/mol. The van der Waals surface area contributed by atoms with E-state index in [9.17, 15) is 5.11 Å². The van der Waals surface area contributed by atoms with E-state index in [0.717, 1.165) is 72.4 Å². The van der Waals surface area contributed by atoms with E-state index in [2.05, 4.69) is 41.5 Å². The minimum Gasteiger partial charge on any atom is -0.507 e. The van der Waals surface area contributed by atoms with Crippen molar-refractivity contribution < 1.29 is 9.84 Å². The second-order valence-corrected chi connectivity index (χ2v) is 12.6. The van der Waals surface area contributed by atoms with E-state index in [1.807, 2.05) is 13.8 Å². The van der Waals surface area contributed by atoms with Gasteiger partial charge < -0.3 is 15.6 Å². The molecule has 0 fully saturated rings. The number of fused-ring (bicyclic) bond motifs is 1. The van der Waals surface area contributed by atoms with Gasteiger partial charge in [0, 0.05) is 5.56 Å². The van der Waals surface area contributed by atoms with Crippen LogP contribution in [0.2, 0.25) is 0 Å². The predicted octanol–water partition coefficient (Wildman–Crippen LogP) is 8.81. The molecule has 0 aromatic heterocycles. The summed E-state index contributed by atoms with van der Waals surface area (Å²) in [5.74, 6) is 4.45. The summed E-state index contributed by atoms with van der Waals surface area (Å²) in [5.41, 5.74) is 10.0. The lowest BCUT2D eigenvalue weighted by Gasteiger charge is -2.43. The van der Waals surface area contributed by atoms with Crippen LogP contribution in [0.25, 0.3) is 0 Å². The Balaban J connectivity index is 1.95. The quantitative estimate of drug-likeness (QED) is 0.260. The molecule has 202 valence electrons. The number of phenolic OH excluding ortho intramolecular Hbond substituents is 1. The van der Waals surface area contributed by atoms with Crippen molar-refractivity contribution in [2.45, 2.75) is 138 Å². The zero-order chi connectivity index (χ0) is 26.2. The molecule has 2 rings (SSSR count). The minimum absolute atomic E-state index is 0.159. The number of aromatic hydroxyl groups is 1. The summed E-state index contributed by atoms with van der Waals surface area (Å²) >= 11 is 0. The molecule has 0 saturated heterocycles. The molecule has 0 radical (unpaired) electrons. The molecule has 1 aliphatic rings. The van der Waals surface area contributed by atoms with E-state index in [4.69, 9.17) is 10.5 Å². The summed E-state index contributed by atoms with van der Waals surface area (Å²) in [7, 11) is 0. The molecular formula is C32H57NO2. The van der Waals surface area contributed by atoms with Gasteiger partial charge in [0.1, 0.15) is 17.1 Å². The van der Waals surface area contributed by atoms with Crippen molar-refractivity contribution in [3.8, 4) is 11.5 Å². The molecule has 1 unspecified atom stereocenters. The van der Waals surface area contributed by atoms with Crippen LogP contribution in [0.5, 0.6) is 11.5 Å². The van der Waals surface area contributed by atoms with Crippen LogP contribution in [-0.4, -0.2) is 17.3 Å². The maximum atomic E-state index is 10.5. The van der Waals surface area contributed by atoms with Gasteiger partial charge in [-0.1, -0.05) is 72.6 Å². The Morgan fingerprint density at radius 3 is 2.00 bits per heavy atom. The van der Waals surface area contributed by atoms with Crippen LogP contribution in [-0.2, 0) is 6.42 Å². The molecule has 4 atom stereocenters. The van der Waals surface area contributed by atoms with Gasteiger partial charge in [-0.05, 0) is 107 Å². The van der Waals surface area contributed by atoms with Crippen LogP contribution in [0, 0.1) is 44.4 Å². The van der Waals surface area contributed by atoms with Crippen molar-refractivity contribution in [1.82, 2.24) is 0 Å². The Bertz CT molecular complexity index is 787. The molecule has 0 amide bonds. The highest BCUT2D eigenvalue weighted by atomic mass is 16.5. The van der Waals surface area contributed by atoms with Gasteiger partial charge in [0.25, 0.3) is 0 Å². The first-order chi connectivity index (χ1) is 16.5. The highest BCUT2D eigenvalue weighted by Crippen LogP contribution is 2.46. The van der Waals surface area contributed by atoms with Crippen molar-refractivity contribution in [1.29, 1.82) is 0 Å². The largest absolute Gasteiger partial charge is 0.507 e. The molecule has 0 aliphatic carbocycles. The number of ether oxygens (including phenoxy) is 1. The maximum Gasteiger partial charge on any atom is 0.127 e. The van der Waals surface area contributed by atoms with Gasteiger partial charge in [-0.15, -0.1) is 0 Å². The molecule has 3 heteroatoms. The number of nitrogens with two attached hydrogens (primary N) is 1. The Kier molecular flexibility index (Phi) is 11.9. The van der Waals surface area contributed by atoms with Crippen LogP contribution >= 0.6 is 0 Å². The van der Waals surface area contributed by atoms with Crippen LogP contribution in [0.4, 0.5) is 0 Å². The monoisotopic (exact) mass is 487 g/mol. The summed E-state index contributed by atoms with van der Waals surface area (Å²) in [6, 6.07) is 0. The topological polar surface area (TPSA) is 55.5 Å². The number of phenols is 1. The van der Waals surface area contributed by atoms with E-state index >= 15 is 0 Å². The van der Waals surface area contributed by atoms with Crippen molar-refractivity contribution >= 4 is 0 Å². The molecular weight excluding hydrogens is 430 g/mol. The van der Waals surface area contributed by atoms with E-state index in [0.29, 0.717) is 11.7 Å². The first-order valence-electron chi connectivity index (χ1n) is 14.7. The SMILES string of the molecule is Cc1c(C)c2c(c(C)c1O)CC[C@@](C)(C(CCCN)CC[C@H](C)CCC[C@H](C)CCCC(C)C)O2. The summed E-state index contributed by atoms with van der Waals surface area (Å²) in [5, 5.41) is 10.5. The molecule has 0 bridgehead atoms. The van der Waals surface area contributed by atoms with Gasteiger partial charge in [0.2, 0.25) is 0 Å². The molecule has 1 aromatic rings. The van der Waals surface area contributed by atoms with Gasteiger partial charge >= 0.3 is 0 Å². The molecule has 3 N–H and O–H groups in total. The summed E-state index contributed by atoms with van der Waals surface area (Å²) in [4.78, 5) is 0. The van der Waals surface area contributed by atoms with Gasteiger partial charge in [0.05, 0.1) is 0 Å². The third kappa shape index (κ3) is 8.41. The third-order valence-electron chi connectivity index (χ3n) is 9.05. The lowest BCUT2D eigenvalue weighted by molar-refractivity contribution is -0.00526. The lowest BCUT2D eigenvalue weighted by atomic mass is 9.75. The second-order valence-electron chi connectivity index (χ2n) is 12.6. The first kappa shape index (κ1) is 30.0. The standard InChI is InChI=1S/C32H57NO2/c1-22(2)12-9-13-23(3)14-10-15-24(4)17-18-28(16-11-21-33)32(8)20-19-29-27(7)30(34)25(5)26(6)31(29)35-32/h22-24,28,34H,9-21,33H2,1-8H3/t23-,24-,28?,32+/m1/s1. The number of hydrogen-bond donors (Lipinski definition) is 2. The Hall–Kier alpha value is -1.22. The lowest BCUT2D eigenvalue weighted by Crippen LogP contribution is -2.44. The summed E-state index contributed by atoms with van der Waals surface area (Å²) in [6.45, 7) is 18.8. The third-order valence-corrected chi connectivity index (χ3v) is 9.05. The fourth-order valence-electron chi connectivity index (χ4n) is 6.14. The molecule has 0 saturated carbocycles. The highest BCUT2D eigenvalue weighted by molar-refractivity contribution is 5.58. The van der Waals surface area contributed by atoms with Gasteiger partial charge in [-0.25, -0.2) is 0 Å². The van der Waals surface area contributed by atoms with Gasteiger partial charge in [0.15, 0.2) is 0 Å². The molecule has 1 aliphatic heterocycles. The Morgan fingerprint density at radius 2 is 1.40 bits per heavy atom. The average Bonchev–Trinajstić information content (AvgIpc) is 2.81. The smallest absolute Gasteiger partial charge is 0.127 e. The second kappa shape index (κ2) is 13.9. The van der Waals surface area contributed by atoms with Crippen LogP contribution in [0.3, 0.4) is 0 Å². The number of hydrogen-bond acceptors (Lipinski definition) is 3. The molecule has 3 nitrogen and oxygen atoms in total. The molecule has 35 heavy (non-hydrogen) atoms. The van der Waals surface area contributed by atoms with E-state index in [1.54, 1.807) is 0 Å². The highest BCUT2D eigenvalue weighted by Gasteiger charge is 2.40. The molecule has 1 heterocycles. The Labute approximate surface area is 217 Å². The van der Waals surface area contributed by atoms with E-state index in [1.165, 1.54) is 56.9 Å². The average molecular weight is 488 g/mol. The van der Waals surface area contributed by atoms with Gasteiger partial charge in [-0.3, -0.25) is 0 Å². The summed E-state index contributed by atoms with van der Waals surface area (Å²) < 4.78 is 6.87. The number of benzene rings is 1. The minimum atomic E-state index is -0.159. The normalized spacial score (nSPS) is 20.4. The van der Waals surface area contributed by atoms with Crippen molar-refractivity contribution in [2.24, 2.45) is 29.4 Å². The van der Waals surface area contributed by atoms with Crippen LogP contribution < -0.4 is 10.5 Å². The van der Waals surface area contributed by atoms with E-state index < -0.39 is 0 Å². The van der Waals surface area contributed by atoms with Crippen molar-refractivity contribution in [3.05, 3.63) is 22.3 Å². The first-order valence-corrected chi connectivity index (χ1v) is 14.7. The van der Waals surface area contributed by atoms with Gasteiger partial charge in [-0.2, -0.15) is 0 Å². The number of rotatable bonds is 15. The van der Waals surface area contributed by atoms with Crippen LogP contribution in [0.15, 0.2) is 0 Å². The summed E-state index contributed by atoms with van der Waals surface area (Å²) in [6.07, 6.45) is 14.9. The zero-order valence-electron chi connectivity index (χ0n) is 24.4. The zero-order valence-corrected chi connectivity index (χ0v) is 24.4. The maximum absolute atomic E-state index is 10.5. The van der Waals surface area contributed by atoms with Crippen molar-refractivity contribution in [3.63, 3.8) is 0 Å². The Morgan fingerprint density at radius 1 is 0.800 bits per heavy atom. The molecule has 1 aromatic carbocycles.